The number of aryl methyl sites for hydroxylation is 1. The fourth-order valence-corrected chi connectivity index (χ4v) is 2.61. The minimum atomic E-state index is 0.518. The van der Waals surface area contributed by atoms with Crippen molar-refractivity contribution in [2.45, 2.75) is 32.7 Å². The number of rotatable bonds is 4. The first kappa shape index (κ1) is 12.4. The van der Waals surface area contributed by atoms with Gasteiger partial charge < -0.3 is 10.2 Å². The lowest BCUT2D eigenvalue weighted by atomic mass is 9.90. The van der Waals surface area contributed by atoms with Crippen LogP contribution in [0.4, 0.5) is 5.82 Å². The average Bonchev–Trinajstić information content (AvgIpc) is 2.75. The number of likely N-dealkylation sites (tertiary alicyclic amines) is 1. The van der Waals surface area contributed by atoms with Gasteiger partial charge >= 0.3 is 0 Å². The lowest BCUT2D eigenvalue weighted by Gasteiger charge is -2.34. The second-order valence-electron chi connectivity index (χ2n) is 5.08. The molecule has 96 valence electrons. The van der Waals surface area contributed by atoms with Crippen molar-refractivity contribution in [3.8, 4) is 0 Å². The highest BCUT2D eigenvalue weighted by atomic mass is 15.3. The number of nitrogens with zero attached hydrogens (tertiary/aromatic N) is 3. The average molecular weight is 236 g/mol. The number of hydrogen-bond acceptors (Lipinski definition) is 3. The molecular formula is C13H24N4. The van der Waals surface area contributed by atoms with E-state index < -0.39 is 0 Å². The second kappa shape index (κ2) is 5.54. The third-order valence-corrected chi connectivity index (χ3v) is 3.88. The summed E-state index contributed by atoms with van der Waals surface area (Å²) in [6.07, 6.45) is 4.58. The summed E-state index contributed by atoms with van der Waals surface area (Å²) >= 11 is 0. The van der Waals surface area contributed by atoms with Gasteiger partial charge in [0.05, 0.1) is 0 Å². The molecule has 2 rings (SSSR count). The molecule has 1 N–H and O–H groups in total. The molecule has 0 saturated carbocycles. The predicted molar refractivity (Wildman–Crippen MR) is 71.1 cm³/mol. The van der Waals surface area contributed by atoms with Crippen LogP contribution in [0.2, 0.25) is 0 Å². The molecule has 1 fully saturated rings. The van der Waals surface area contributed by atoms with Crippen LogP contribution >= 0.6 is 0 Å². The molecule has 1 aromatic heterocycles. The van der Waals surface area contributed by atoms with Gasteiger partial charge in [0.2, 0.25) is 0 Å². The summed E-state index contributed by atoms with van der Waals surface area (Å²) < 4.78 is 1.84. The van der Waals surface area contributed by atoms with Crippen LogP contribution in [-0.2, 0) is 7.05 Å². The lowest BCUT2D eigenvalue weighted by molar-refractivity contribution is 0.183. The van der Waals surface area contributed by atoms with Crippen molar-refractivity contribution in [1.82, 2.24) is 14.7 Å². The van der Waals surface area contributed by atoms with Gasteiger partial charge in [0.1, 0.15) is 5.82 Å². The van der Waals surface area contributed by atoms with Crippen molar-refractivity contribution in [3.05, 3.63) is 12.3 Å². The van der Waals surface area contributed by atoms with Gasteiger partial charge in [0.25, 0.3) is 0 Å². The van der Waals surface area contributed by atoms with E-state index in [2.05, 4.69) is 29.2 Å². The molecule has 1 aromatic rings. The van der Waals surface area contributed by atoms with E-state index in [9.17, 15) is 0 Å². The van der Waals surface area contributed by atoms with Crippen LogP contribution in [0.1, 0.15) is 26.7 Å². The summed E-state index contributed by atoms with van der Waals surface area (Å²) in [5.41, 5.74) is 0. The first-order valence-corrected chi connectivity index (χ1v) is 6.67. The van der Waals surface area contributed by atoms with E-state index in [1.165, 1.54) is 32.5 Å². The molecule has 17 heavy (non-hydrogen) atoms. The molecule has 0 radical (unpaired) electrons. The Morgan fingerprint density at radius 2 is 2.18 bits per heavy atom. The number of anilines is 1. The Balaban J connectivity index is 1.82. The zero-order valence-electron chi connectivity index (χ0n) is 11.2. The van der Waals surface area contributed by atoms with Crippen LogP contribution in [0.25, 0.3) is 0 Å². The number of aromatic nitrogens is 2. The Bertz CT molecular complexity index is 339. The maximum Gasteiger partial charge on any atom is 0.148 e. The molecule has 0 aliphatic carbocycles. The highest BCUT2D eigenvalue weighted by Gasteiger charge is 2.23. The predicted octanol–water partition coefficient (Wildman–Crippen LogP) is 1.95. The topological polar surface area (TPSA) is 33.1 Å². The Hall–Kier alpha value is -1.03. The van der Waals surface area contributed by atoms with Gasteiger partial charge in [-0.15, -0.1) is 0 Å². The number of nitrogens with one attached hydrogen (secondary N) is 1. The van der Waals surface area contributed by atoms with Gasteiger partial charge in [0.15, 0.2) is 0 Å². The van der Waals surface area contributed by atoms with Crippen molar-refractivity contribution in [2.75, 3.05) is 25.0 Å². The summed E-state index contributed by atoms with van der Waals surface area (Å²) in [4.78, 5) is 2.53. The molecule has 4 heteroatoms. The van der Waals surface area contributed by atoms with Crippen molar-refractivity contribution < 1.29 is 0 Å². The van der Waals surface area contributed by atoms with Gasteiger partial charge in [-0.25, -0.2) is 0 Å². The Labute approximate surface area is 104 Å². The minimum Gasteiger partial charge on any atom is -0.366 e. The maximum atomic E-state index is 4.37. The fraction of sp³-hybridized carbons (Fsp3) is 0.769. The van der Waals surface area contributed by atoms with Gasteiger partial charge in [-0.05, 0) is 45.3 Å². The molecule has 4 nitrogen and oxygen atoms in total. The summed E-state index contributed by atoms with van der Waals surface area (Å²) in [5.74, 6) is 1.78. The second-order valence-corrected chi connectivity index (χ2v) is 5.08. The molecule has 1 saturated heterocycles. The molecular weight excluding hydrogens is 212 g/mol. The highest BCUT2D eigenvalue weighted by Crippen LogP contribution is 2.22. The fourth-order valence-electron chi connectivity index (χ4n) is 2.61. The monoisotopic (exact) mass is 236 g/mol. The summed E-state index contributed by atoms with van der Waals surface area (Å²) in [7, 11) is 1.95. The zero-order valence-corrected chi connectivity index (χ0v) is 11.2. The Kier molecular flexibility index (Phi) is 4.05. The van der Waals surface area contributed by atoms with Gasteiger partial charge in [-0.1, -0.05) is 6.92 Å². The maximum absolute atomic E-state index is 4.37. The molecule has 2 heterocycles. The summed E-state index contributed by atoms with van der Waals surface area (Å²) in [6, 6.07) is 2.56. The Morgan fingerprint density at radius 3 is 2.71 bits per heavy atom. The summed E-state index contributed by atoms with van der Waals surface area (Å²) in [5, 5.41) is 7.89. The van der Waals surface area contributed by atoms with E-state index in [1.807, 2.05) is 24.0 Å². The summed E-state index contributed by atoms with van der Waals surface area (Å²) in [6.45, 7) is 8.20. The van der Waals surface area contributed by atoms with E-state index in [0.717, 1.165) is 11.7 Å². The van der Waals surface area contributed by atoms with Crippen LogP contribution < -0.4 is 5.32 Å². The van der Waals surface area contributed by atoms with Crippen molar-refractivity contribution >= 4 is 5.82 Å². The standard InChI is InChI=1S/C13H24N4/c1-4-17-9-5-12(6-10-17)11(2)14-13-7-8-16(3)15-13/h7-8,11-12H,4-6,9-10H2,1-3H3,(H,14,15). The molecule has 0 amide bonds. The number of piperidine rings is 1. The molecule has 0 aromatic carbocycles. The van der Waals surface area contributed by atoms with Gasteiger partial charge in [0, 0.05) is 25.4 Å². The first-order valence-electron chi connectivity index (χ1n) is 6.67. The normalized spacial score (nSPS) is 20.4. The molecule has 0 spiro atoms. The van der Waals surface area contributed by atoms with E-state index in [0.29, 0.717) is 6.04 Å². The largest absolute Gasteiger partial charge is 0.366 e. The third-order valence-electron chi connectivity index (χ3n) is 3.88. The smallest absolute Gasteiger partial charge is 0.148 e. The van der Waals surface area contributed by atoms with Crippen LogP contribution in [0.15, 0.2) is 12.3 Å². The molecule has 1 aliphatic heterocycles. The van der Waals surface area contributed by atoms with Crippen LogP contribution in [0.5, 0.6) is 0 Å². The minimum absolute atomic E-state index is 0.518. The molecule has 1 atom stereocenters. The van der Waals surface area contributed by atoms with Crippen molar-refractivity contribution in [2.24, 2.45) is 13.0 Å². The van der Waals surface area contributed by atoms with E-state index in [1.54, 1.807) is 0 Å². The zero-order chi connectivity index (χ0) is 12.3. The van der Waals surface area contributed by atoms with E-state index in [4.69, 9.17) is 0 Å². The lowest BCUT2D eigenvalue weighted by Crippen LogP contribution is -2.39. The van der Waals surface area contributed by atoms with Crippen molar-refractivity contribution in [1.29, 1.82) is 0 Å². The van der Waals surface area contributed by atoms with Crippen LogP contribution in [0.3, 0.4) is 0 Å². The highest BCUT2D eigenvalue weighted by molar-refractivity contribution is 5.33. The number of hydrogen-bond donors (Lipinski definition) is 1. The van der Waals surface area contributed by atoms with Crippen LogP contribution in [0, 0.1) is 5.92 Å². The van der Waals surface area contributed by atoms with Gasteiger partial charge in [-0.3, -0.25) is 4.68 Å². The molecule has 0 bridgehead atoms. The van der Waals surface area contributed by atoms with E-state index in [-0.39, 0.29) is 0 Å². The quantitative estimate of drug-likeness (QED) is 0.867. The van der Waals surface area contributed by atoms with Crippen molar-refractivity contribution in [3.63, 3.8) is 0 Å². The SMILES string of the molecule is CCN1CCC(C(C)Nc2ccn(C)n2)CC1. The molecule has 1 unspecified atom stereocenters. The third kappa shape index (κ3) is 3.22. The van der Waals surface area contributed by atoms with Gasteiger partial charge in [-0.2, -0.15) is 5.10 Å². The molecule has 1 aliphatic rings. The first-order chi connectivity index (χ1) is 8.19. The Morgan fingerprint density at radius 1 is 1.47 bits per heavy atom. The van der Waals surface area contributed by atoms with Crippen LogP contribution in [-0.4, -0.2) is 40.4 Å². The van der Waals surface area contributed by atoms with E-state index >= 15 is 0 Å².